The summed E-state index contributed by atoms with van der Waals surface area (Å²) in [5.74, 6) is 0.527. The van der Waals surface area contributed by atoms with Crippen LogP contribution in [0, 0.1) is 11.7 Å². The molecule has 2 aromatic heterocycles. The maximum Gasteiger partial charge on any atom is 0.222 e. The molecule has 1 fully saturated rings. The fourth-order valence-corrected chi connectivity index (χ4v) is 4.09. The number of amides is 1. The first-order valence-corrected chi connectivity index (χ1v) is 10.1. The molecule has 3 heterocycles. The summed E-state index contributed by atoms with van der Waals surface area (Å²) < 4.78 is 15.8. The molecule has 0 N–H and O–H groups in total. The molecule has 1 unspecified atom stereocenters. The lowest BCUT2D eigenvalue weighted by molar-refractivity contribution is -0.133. The van der Waals surface area contributed by atoms with Gasteiger partial charge in [-0.2, -0.15) is 0 Å². The van der Waals surface area contributed by atoms with Crippen LogP contribution in [0.4, 0.5) is 4.39 Å². The number of benzene rings is 1. The second-order valence-corrected chi connectivity index (χ2v) is 7.68. The predicted molar refractivity (Wildman–Crippen MR) is 108 cm³/mol. The lowest BCUT2D eigenvalue weighted by atomic mass is 9.91. The molecular formula is C23H26FN3O. The molecule has 28 heavy (non-hydrogen) atoms. The number of carbonyl (C=O) groups is 1. The van der Waals surface area contributed by atoms with Gasteiger partial charge in [0.1, 0.15) is 11.5 Å². The van der Waals surface area contributed by atoms with Crippen LogP contribution in [0.25, 0.3) is 5.65 Å². The van der Waals surface area contributed by atoms with Crippen molar-refractivity contribution >= 4 is 11.6 Å². The average molecular weight is 379 g/mol. The number of hydrogen-bond acceptors (Lipinski definition) is 2. The number of fused-ring (bicyclic) bond motifs is 1. The first-order chi connectivity index (χ1) is 13.7. The average Bonchev–Trinajstić information content (AvgIpc) is 3.15. The summed E-state index contributed by atoms with van der Waals surface area (Å²) in [6, 6.07) is 12.9. The van der Waals surface area contributed by atoms with E-state index in [1.807, 2.05) is 52.0 Å². The van der Waals surface area contributed by atoms with Crippen molar-refractivity contribution < 1.29 is 9.18 Å². The molecule has 1 aliphatic rings. The van der Waals surface area contributed by atoms with Crippen LogP contribution in [0.2, 0.25) is 0 Å². The predicted octanol–water partition coefficient (Wildman–Crippen LogP) is 4.28. The van der Waals surface area contributed by atoms with Gasteiger partial charge in [-0.1, -0.05) is 24.3 Å². The van der Waals surface area contributed by atoms with Crippen molar-refractivity contribution in [3.63, 3.8) is 0 Å². The Balaban J connectivity index is 1.28. The summed E-state index contributed by atoms with van der Waals surface area (Å²) in [6.45, 7) is 1.62. The first kappa shape index (κ1) is 18.7. The highest BCUT2D eigenvalue weighted by molar-refractivity contribution is 5.76. The fourth-order valence-electron chi connectivity index (χ4n) is 4.09. The molecule has 0 bridgehead atoms. The van der Waals surface area contributed by atoms with E-state index in [1.165, 1.54) is 6.07 Å². The van der Waals surface area contributed by atoms with Crippen molar-refractivity contribution in [2.45, 2.75) is 38.5 Å². The minimum absolute atomic E-state index is 0.126. The Morgan fingerprint density at radius 1 is 1.14 bits per heavy atom. The maximum atomic E-state index is 13.8. The van der Waals surface area contributed by atoms with Crippen molar-refractivity contribution in [1.29, 1.82) is 0 Å². The quantitative estimate of drug-likeness (QED) is 0.641. The molecule has 4 nitrogen and oxygen atoms in total. The number of imidazole rings is 1. The number of rotatable bonds is 6. The number of carbonyl (C=O) groups excluding carboxylic acids is 1. The standard InChI is InChI=1S/C23H26FN3O/c24-21-8-2-1-7-19(21)11-10-18-6-5-15-27(16-18)23(28)13-12-20-17-26-14-4-3-9-22(26)25-20/h1-4,7-9,14,17-18H,5-6,10-13,15-16H2. The monoisotopic (exact) mass is 379 g/mol. The zero-order chi connectivity index (χ0) is 19.3. The van der Waals surface area contributed by atoms with Crippen molar-refractivity contribution in [2.75, 3.05) is 13.1 Å². The molecular weight excluding hydrogens is 353 g/mol. The summed E-state index contributed by atoms with van der Waals surface area (Å²) in [4.78, 5) is 19.3. The Kier molecular flexibility index (Phi) is 5.70. The minimum Gasteiger partial charge on any atom is -0.342 e. The Morgan fingerprint density at radius 2 is 2.00 bits per heavy atom. The summed E-state index contributed by atoms with van der Waals surface area (Å²) >= 11 is 0. The minimum atomic E-state index is -0.126. The molecule has 1 amide bonds. The van der Waals surface area contributed by atoms with E-state index in [4.69, 9.17) is 0 Å². The first-order valence-electron chi connectivity index (χ1n) is 10.1. The molecule has 5 heteroatoms. The zero-order valence-electron chi connectivity index (χ0n) is 16.1. The normalized spacial score (nSPS) is 17.2. The van der Waals surface area contributed by atoms with E-state index in [2.05, 4.69) is 4.98 Å². The van der Waals surface area contributed by atoms with Crippen LogP contribution in [-0.2, 0) is 17.6 Å². The van der Waals surface area contributed by atoms with Crippen LogP contribution < -0.4 is 0 Å². The van der Waals surface area contributed by atoms with Crippen LogP contribution in [0.15, 0.2) is 54.9 Å². The highest BCUT2D eigenvalue weighted by atomic mass is 19.1. The Hall–Kier alpha value is -2.69. The van der Waals surface area contributed by atoms with Crippen LogP contribution in [0.5, 0.6) is 0 Å². The fraction of sp³-hybridized carbons (Fsp3) is 0.391. The van der Waals surface area contributed by atoms with Crippen molar-refractivity contribution in [3.05, 3.63) is 71.9 Å². The van der Waals surface area contributed by atoms with Gasteiger partial charge < -0.3 is 9.30 Å². The smallest absolute Gasteiger partial charge is 0.222 e. The molecule has 1 aromatic carbocycles. The molecule has 0 saturated carbocycles. The van der Waals surface area contributed by atoms with Crippen LogP contribution in [-0.4, -0.2) is 33.3 Å². The molecule has 4 rings (SSSR count). The van der Waals surface area contributed by atoms with Gasteiger partial charge in [-0.25, -0.2) is 9.37 Å². The second kappa shape index (κ2) is 8.55. The van der Waals surface area contributed by atoms with Gasteiger partial charge in [0.2, 0.25) is 5.91 Å². The Morgan fingerprint density at radius 3 is 2.86 bits per heavy atom. The van der Waals surface area contributed by atoms with E-state index in [-0.39, 0.29) is 11.7 Å². The SMILES string of the molecule is O=C(CCc1cn2ccccc2n1)N1CCCC(CCc2ccccc2F)C1. The van der Waals surface area contributed by atoms with E-state index in [0.717, 1.165) is 55.7 Å². The number of aromatic nitrogens is 2. The van der Waals surface area contributed by atoms with Gasteiger partial charge in [-0.15, -0.1) is 0 Å². The Bertz CT molecular complexity index is 919. The number of nitrogens with zero attached hydrogens (tertiary/aromatic N) is 3. The zero-order valence-corrected chi connectivity index (χ0v) is 16.1. The van der Waals surface area contributed by atoms with E-state index >= 15 is 0 Å². The third-order valence-corrected chi connectivity index (χ3v) is 5.66. The van der Waals surface area contributed by atoms with Crippen molar-refractivity contribution in [1.82, 2.24) is 14.3 Å². The van der Waals surface area contributed by atoms with Gasteiger partial charge in [-0.3, -0.25) is 4.79 Å². The Labute approximate surface area is 165 Å². The molecule has 146 valence electrons. The van der Waals surface area contributed by atoms with E-state index < -0.39 is 0 Å². The largest absolute Gasteiger partial charge is 0.342 e. The van der Waals surface area contributed by atoms with Crippen molar-refractivity contribution in [3.8, 4) is 0 Å². The van der Waals surface area contributed by atoms with Crippen LogP contribution in [0.1, 0.15) is 36.9 Å². The third-order valence-electron chi connectivity index (χ3n) is 5.66. The number of pyridine rings is 1. The lowest BCUT2D eigenvalue weighted by Crippen LogP contribution is -2.40. The second-order valence-electron chi connectivity index (χ2n) is 7.68. The van der Waals surface area contributed by atoms with E-state index in [1.54, 1.807) is 6.07 Å². The van der Waals surface area contributed by atoms with Crippen molar-refractivity contribution in [2.24, 2.45) is 5.92 Å². The summed E-state index contributed by atoms with van der Waals surface area (Å²) in [6.07, 6.45) is 8.93. The highest BCUT2D eigenvalue weighted by Gasteiger charge is 2.23. The van der Waals surface area contributed by atoms with Gasteiger partial charge in [0.25, 0.3) is 0 Å². The third kappa shape index (κ3) is 4.41. The maximum absolute atomic E-state index is 13.8. The molecule has 1 aliphatic heterocycles. The number of piperidine rings is 1. The lowest BCUT2D eigenvalue weighted by Gasteiger charge is -2.33. The van der Waals surface area contributed by atoms with E-state index in [9.17, 15) is 9.18 Å². The highest BCUT2D eigenvalue weighted by Crippen LogP contribution is 2.23. The number of likely N-dealkylation sites (tertiary alicyclic amines) is 1. The van der Waals surface area contributed by atoms with Gasteiger partial charge >= 0.3 is 0 Å². The number of aryl methyl sites for hydroxylation is 2. The number of halogens is 1. The van der Waals surface area contributed by atoms with Crippen LogP contribution in [0.3, 0.4) is 0 Å². The molecule has 1 atom stereocenters. The molecule has 0 spiro atoms. The molecule has 1 saturated heterocycles. The van der Waals surface area contributed by atoms with E-state index in [0.29, 0.717) is 18.8 Å². The van der Waals surface area contributed by atoms with Gasteiger partial charge in [-0.05, 0) is 61.8 Å². The number of hydrogen-bond donors (Lipinski definition) is 0. The molecule has 0 aliphatic carbocycles. The summed E-state index contributed by atoms with van der Waals surface area (Å²) in [7, 11) is 0. The molecule has 3 aromatic rings. The summed E-state index contributed by atoms with van der Waals surface area (Å²) in [5.41, 5.74) is 2.64. The van der Waals surface area contributed by atoms with Gasteiger partial charge in [0.15, 0.2) is 0 Å². The van der Waals surface area contributed by atoms with Gasteiger partial charge in [0, 0.05) is 31.9 Å². The molecule has 0 radical (unpaired) electrons. The topological polar surface area (TPSA) is 37.6 Å². The summed E-state index contributed by atoms with van der Waals surface area (Å²) in [5, 5.41) is 0. The van der Waals surface area contributed by atoms with Crippen LogP contribution >= 0.6 is 0 Å². The van der Waals surface area contributed by atoms with Gasteiger partial charge in [0.05, 0.1) is 5.69 Å².